The van der Waals surface area contributed by atoms with E-state index in [2.05, 4.69) is 10.3 Å². The lowest BCUT2D eigenvalue weighted by Gasteiger charge is -2.03. The van der Waals surface area contributed by atoms with Crippen molar-refractivity contribution in [3.8, 4) is 0 Å². The number of carbonyl (C=O) groups is 1. The number of thiophene rings is 1. The fraction of sp³-hybridized carbons (Fsp3) is 0.200. The van der Waals surface area contributed by atoms with E-state index in [0.29, 0.717) is 12.4 Å². The predicted octanol–water partition coefficient (Wildman–Crippen LogP) is 3.17. The number of oxazole rings is 1. The van der Waals surface area contributed by atoms with Gasteiger partial charge in [0.25, 0.3) is 5.91 Å². The van der Waals surface area contributed by atoms with E-state index in [0.717, 1.165) is 28.0 Å². The van der Waals surface area contributed by atoms with Crippen molar-refractivity contribution < 1.29 is 9.21 Å². The monoisotopic (exact) mass is 286 g/mol. The van der Waals surface area contributed by atoms with Gasteiger partial charge in [-0.05, 0) is 35.6 Å². The summed E-state index contributed by atoms with van der Waals surface area (Å²) in [6, 6.07) is 9.63. The topological polar surface area (TPSA) is 55.1 Å². The van der Waals surface area contributed by atoms with Gasteiger partial charge in [-0.15, -0.1) is 11.3 Å². The van der Waals surface area contributed by atoms with Crippen LogP contribution in [0.15, 0.2) is 40.1 Å². The van der Waals surface area contributed by atoms with Crippen molar-refractivity contribution in [2.24, 2.45) is 0 Å². The Morgan fingerprint density at radius 2 is 2.30 bits per heavy atom. The molecule has 2 aromatic heterocycles. The van der Waals surface area contributed by atoms with Gasteiger partial charge in [-0.1, -0.05) is 12.1 Å². The number of aryl methyl sites for hydroxylation is 1. The third kappa shape index (κ3) is 2.72. The summed E-state index contributed by atoms with van der Waals surface area (Å²) in [5.74, 6) is 0.654. The van der Waals surface area contributed by atoms with Gasteiger partial charge in [0.1, 0.15) is 5.52 Å². The van der Waals surface area contributed by atoms with Gasteiger partial charge in [0.2, 0.25) is 0 Å². The van der Waals surface area contributed by atoms with Crippen LogP contribution in [0.5, 0.6) is 0 Å². The molecule has 3 rings (SSSR count). The van der Waals surface area contributed by atoms with E-state index in [9.17, 15) is 4.79 Å². The molecule has 3 aromatic rings. The molecule has 0 bridgehead atoms. The molecular weight excluding hydrogens is 272 g/mol. The summed E-state index contributed by atoms with van der Waals surface area (Å²) in [6.07, 6.45) is 0.777. The number of aromatic nitrogens is 1. The van der Waals surface area contributed by atoms with Crippen LogP contribution in [-0.4, -0.2) is 17.4 Å². The zero-order valence-electron chi connectivity index (χ0n) is 11.1. The molecule has 102 valence electrons. The van der Waals surface area contributed by atoms with Gasteiger partial charge in [-0.3, -0.25) is 4.79 Å². The molecule has 0 atom stereocenters. The second kappa shape index (κ2) is 5.46. The van der Waals surface area contributed by atoms with E-state index >= 15 is 0 Å². The Kier molecular flexibility index (Phi) is 3.52. The number of carbonyl (C=O) groups excluding carboxylic acids is 1. The molecule has 0 saturated carbocycles. The highest BCUT2D eigenvalue weighted by Gasteiger charge is 2.06. The number of rotatable bonds is 4. The van der Waals surface area contributed by atoms with Crippen LogP contribution in [0, 0.1) is 6.92 Å². The lowest BCUT2D eigenvalue weighted by molar-refractivity contribution is 0.0958. The van der Waals surface area contributed by atoms with Gasteiger partial charge < -0.3 is 9.73 Å². The molecule has 0 aliphatic rings. The first-order chi connectivity index (χ1) is 9.72. The molecule has 0 saturated heterocycles. The van der Waals surface area contributed by atoms with Crippen molar-refractivity contribution in [2.75, 3.05) is 6.54 Å². The minimum Gasteiger partial charge on any atom is -0.441 e. The highest BCUT2D eigenvalue weighted by atomic mass is 32.1. The van der Waals surface area contributed by atoms with Gasteiger partial charge >= 0.3 is 0 Å². The minimum absolute atomic E-state index is 0.0154. The second-order valence-corrected chi connectivity index (χ2v) is 5.47. The summed E-state index contributed by atoms with van der Waals surface area (Å²) in [4.78, 5) is 16.8. The number of nitrogens with one attached hydrogen (secondary N) is 1. The Labute approximate surface area is 120 Å². The number of hydrogen-bond acceptors (Lipinski definition) is 4. The molecule has 2 heterocycles. The molecule has 0 fully saturated rings. The number of benzene rings is 1. The largest absolute Gasteiger partial charge is 0.441 e. The average Bonchev–Trinajstić information content (AvgIpc) is 3.05. The van der Waals surface area contributed by atoms with Crippen molar-refractivity contribution in [1.29, 1.82) is 0 Å². The van der Waals surface area contributed by atoms with Crippen molar-refractivity contribution in [2.45, 2.75) is 13.3 Å². The van der Waals surface area contributed by atoms with Crippen LogP contribution < -0.4 is 5.32 Å². The fourth-order valence-corrected chi connectivity index (χ4v) is 2.70. The van der Waals surface area contributed by atoms with Gasteiger partial charge in [0.05, 0.1) is 4.88 Å². The van der Waals surface area contributed by atoms with Crippen molar-refractivity contribution in [1.82, 2.24) is 10.3 Å². The summed E-state index contributed by atoms with van der Waals surface area (Å²) >= 11 is 1.45. The number of fused-ring (bicyclic) bond motifs is 1. The molecule has 0 aliphatic carbocycles. The summed E-state index contributed by atoms with van der Waals surface area (Å²) in [5, 5.41) is 4.81. The first kappa shape index (κ1) is 12.9. The van der Waals surface area contributed by atoms with E-state index in [1.165, 1.54) is 11.3 Å². The Morgan fingerprint density at radius 1 is 1.40 bits per heavy atom. The van der Waals surface area contributed by atoms with E-state index in [1.54, 1.807) is 0 Å². The number of amides is 1. The van der Waals surface area contributed by atoms with Crippen molar-refractivity contribution >= 4 is 28.3 Å². The smallest absolute Gasteiger partial charge is 0.261 e. The van der Waals surface area contributed by atoms with Gasteiger partial charge in [-0.25, -0.2) is 4.98 Å². The first-order valence-electron chi connectivity index (χ1n) is 6.40. The highest BCUT2D eigenvalue weighted by Crippen LogP contribution is 2.17. The molecule has 0 aliphatic heterocycles. The molecule has 1 N–H and O–H groups in total. The third-order valence-electron chi connectivity index (χ3n) is 3.00. The molecular formula is C15H14N2O2S. The maximum atomic E-state index is 11.8. The zero-order chi connectivity index (χ0) is 13.9. The van der Waals surface area contributed by atoms with E-state index in [-0.39, 0.29) is 5.91 Å². The van der Waals surface area contributed by atoms with Crippen LogP contribution >= 0.6 is 11.3 Å². The predicted molar refractivity (Wildman–Crippen MR) is 79.1 cm³/mol. The molecule has 0 spiro atoms. The second-order valence-electron chi connectivity index (χ2n) is 4.52. The average molecular weight is 286 g/mol. The maximum Gasteiger partial charge on any atom is 0.261 e. The van der Waals surface area contributed by atoms with Gasteiger partial charge in [0.15, 0.2) is 11.5 Å². The summed E-state index contributed by atoms with van der Waals surface area (Å²) in [5.41, 5.74) is 2.80. The molecule has 20 heavy (non-hydrogen) atoms. The Balaban J connectivity index is 1.61. The Morgan fingerprint density at radius 3 is 3.10 bits per heavy atom. The quantitative estimate of drug-likeness (QED) is 0.801. The molecule has 1 aromatic carbocycles. The minimum atomic E-state index is -0.0154. The SMILES string of the molecule is Cc1nc2cc(CCNC(=O)c3cccs3)ccc2o1. The zero-order valence-corrected chi connectivity index (χ0v) is 11.9. The highest BCUT2D eigenvalue weighted by molar-refractivity contribution is 7.12. The lowest BCUT2D eigenvalue weighted by Crippen LogP contribution is -2.24. The van der Waals surface area contributed by atoms with Crippen molar-refractivity contribution in [3.05, 3.63) is 52.0 Å². The number of nitrogens with zero attached hydrogens (tertiary/aromatic N) is 1. The normalized spacial score (nSPS) is 10.8. The van der Waals surface area contributed by atoms with Crippen LogP contribution in [0.2, 0.25) is 0 Å². The molecule has 4 nitrogen and oxygen atoms in total. The van der Waals surface area contributed by atoms with Gasteiger partial charge in [0, 0.05) is 13.5 Å². The van der Waals surface area contributed by atoms with Crippen LogP contribution in [0.25, 0.3) is 11.1 Å². The van der Waals surface area contributed by atoms with Crippen molar-refractivity contribution in [3.63, 3.8) is 0 Å². The lowest BCUT2D eigenvalue weighted by atomic mass is 10.1. The molecule has 0 radical (unpaired) electrons. The summed E-state index contributed by atoms with van der Waals surface area (Å²) in [7, 11) is 0. The van der Waals surface area contributed by atoms with E-state index in [4.69, 9.17) is 4.42 Å². The summed E-state index contributed by atoms with van der Waals surface area (Å²) < 4.78 is 5.44. The Hall–Kier alpha value is -2.14. The van der Waals surface area contributed by atoms with Gasteiger partial charge in [-0.2, -0.15) is 0 Å². The van der Waals surface area contributed by atoms with Crippen LogP contribution in [-0.2, 0) is 6.42 Å². The van der Waals surface area contributed by atoms with E-state index in [1.807, 2.05) is 42.6 Å². The Bertz CT molecular complexity index is 732. The fourth-order valence-electron chi connectivity index (χ4n) is 2.06. The first-order valence-corrected chi connectivity index (χ1v) is 7.28. The van der Waals surface area contributed by atoms with E-state index < -0.39 is 0 Å². The maximum absolute atomic E-state index is 11.8. The van der Waals surface area contributed by atoms with Crippen LogP contribution in [0.1, 0.15) is 21.1 Å². The molecule has 0 unspecified atom stereocenters. The third-order valence-corrected chi connectivity index (χ3v) is 3.87. The van der Waals surface area contributed by atoms with Crippen LogP contribution in [0.3, 0.4) is 0 Å². The molecule has 5 heteroatoms. The van der Waals surface area contributed by atoms with Crippen LogP contribution in [0.4, 0.5) is 0 Å². The summed E-state index contributed by atoms with van der Waals surface area (Å²) in [6.45, 7) is 2.44. The number of hydrogen-bond donors (Lipinski definition) is 1. The standard InChI is InChI=1S/C15H14N2O2S/c1-10-17-12-9-11(4-5-13(12)19-10)6-7-16-15(18)14-3-2-8-20-14/h2-5,8-9H,6-7H2,1H3,(H,16,18). The molecule has 1 amide bonds.